The smallest absolute Gasteiger partial charge is 0.257 e. The Bertz CT molecular complexity index is 886. The molecule has 0 saturated heterocycles. The first-order chi connectivity index (χ1) is 11.7. The summed E-state index contributed by atoms with van der Waals surface area (Å²) in [6.45, 7) is 1.39. The highest BCUT2D eigenvalue weighted by atomic mass is 35.5. The maximum Gasteiger partial charge on any atom is 0.257 e. The summed E-state index contributed by atoms with van der Waals surface area (Å²) in [4.78, 5) is 14.6. The van der Waals surface area contributed by atoms with Crippen LogP contribution in [0.4, 0.5) is 0 Å². The number of fused-ring (bicyclic) bond motifs is 1. The van der Waals surface area contributed by atoms with E-state index in [9.17, 15) is 4.79 Å². The Labute approximate surface area is 145 Å². The van der Waals surface area contributed by atoms with E-state index in [1.165, 1.54) is 11.1 Å². The second kappa shape index (κ2) is 6.13. The van der Waals surface area contributed by atoms with Gasteiger partial charge in [-0.25, -0.2) is 4.68 Å². The van der Waals surface area contributed by atoms with Crippen molar-refractivity contribution in [1.82, 2.24) is 14.7 Å². The molecule has 2 aromatic carbocycles. The largest absolute Gasteiger partial charge is 0.334 e. The molecule has 0 aliphatic carbocycles. The third kappa shape index (κ3) is 2.81. The molecule has 24 heavy (non-hydrogen) atoms. The first-order valence-electron chi connectivity index (χ1n) is 7.87. The molecule has 3 aromatic rings. The molecule has 4 rings (SSSR count). The summed E-state index contributed by atoms with van der Waals surface area (Å²) in [5.74, 6) is 0.0183. The van der Waals surface area contributed by atoms with Crippen molar-refractivity contribution in [3.05, 3.63) is 82.6 Å². The van der Waals surface area contributed by atoms with Crippen LogP contribution in [0.1, 0.15) is 21.5 Å². The van der Waals surface area contributed by atoms with Crippen LogP contribution in [0.2, 0.25) is 5.02 Å². The predicted molar refractivity (Wildman–Crippen MR) is 93.5 cm³/mol. The Morgan fingerprint density at radius 1 is 1.04 bits per heavy atom. The van der Waals surface area contributed by atoms with Gasteiger partial charge in [0.1, 0.15) is 0 Å². The van der Waals surface area contributed by atoms with Gasteiger partial charge in [-0.1, -0.05) is 35.9 Å². The van der Waals surface area contributed by atoms with Crippen molar-refractivity contribution >= 4 is 17.5 Å². The van der Waals surface area contributed by atoms with Crippen molar-refractivity contribution in [3.8, 4) is 5.69 Å². The number of amides is 1. The molecular formula is C19H16ClN3O. The fraction of sp³-hybridized carbons (Fsp3) is 0.158. The lowest BCUT2D eigenvalue weighted by molar-refractivity contribution is 0.0734. The van der Waals surface area contributed by atoms with Crippen LogP contribution >= 0.6 is 11.6 Å². The van der Waals surface area contributed by atoms with Gasteiger partial charge in [0.15, 0.2) is 0 Å². The van der Waals surface area contributed by atoms with Gasteiger partial charge in [0.05, 0.1) is 17.4 Å². The van der Waals surface area contributed by atoms with Gasteiger partial charge in [-0.3, -0.25) is 4.79 Å². The summed E-state index contributed by atoms with van der Waals surface area (Å²) >= 11 is 5.91. The monoisotopic (exact) mass is 337 g/mol. The maximum atomic E-state index is 12.8. The number of carbonyl (C=O) groups excluding carboxylic acids is 1. The maximum absolute atomic E-state index is 12.8. The van der Waals surface area contributed by atoms with Crippen LogP contribution in [0, 0.1) is 0 Å². The van der Waals surface area contributed by atoms with Crippen molar-refractivity contribution in [2.24, 2.45) is 0 Å². The van der Waals surface area contributed by atoms with E-state index < -0.39 is 0 Å². The van der Waals surface area contributed by atoms with E-state index in [1.807, 2.05) is 41.3 Å². The molecule has 1 aliphatic heterocycles. The zero-order valence-corrected chi connectivity index (χ0v) is 13.8. The molecule has 1 amide bonds. The molecule has 4 nitrogen and oxygen atoms in total. The van der Waals surface area contributed by atoms with Crippen LogP contribution in [0.25, 0.3) is 5.69 Å². The van der Waals surface area contributed by atoms with E-state index in [0.717, 1.165) is 18.7 Å². The fourth-order valence-corrected chi connectivity index (χ4v) is 3.15. The molecule has 2 heterocycles. The number of benzene rings is 2. The van der Waals surface area contributed by atoms with Crippen molar-refractivity contribution in [1.29, 1.82) is 0 Å². The van der Waals surface area contributed by atoms with Crippen molar-refractivity contribution in [2.75, 3.05) is 6.54 Å². The van der Waals surface area contributed by atoms with E-state index in [2.05, 4.69) is 17.2 Å². The van der Waals surface area contributed by atoms with E-state index >= 15 is 0 Å². The summed E-state index contributed by atoms with van der Waals surface area (Å²) in [5, 5.41) is 4.98. The lowest BCUT2D eigenvalue weighted by Crippen LogP contribution is -2.35. The molecule has 0 atom stereocenters. The number of hydrogen-bond acceptors (Lipinski definition) is 2. The minimum atomic E-state index is 0.0183. The number of carbonyl (C=O) groups is 1. The fourth-order valence-electron chi connectivity index (χ4n) is 3.02. The molecule has 5 heteroatoms. The van der Waals surface area contributed by atoms with Gasteiger partial charge in [0.25, 0.3) is 5.91 Å². The number of halogens is 1. The molecule has 1 aliphatic rings. The predicted octanol–water partition coefficient (Wildman–Crippen LogP) is 3.72. The van der Waals surface area contributed by atoms with Gasteiger partial charge < -0.3 is 4.90 Å². The van der Waals surface area contributed by atoms with Crippen LogP contribution in [0.3, 0.4) is 0 Å². The Morgan fingerprint density at radius 2 is 1.79 bits per heavy atom. The third-order valence-electron chi connectivity index (χ3n) is 4.34. The Kier molecular flexibility index (Phi) is 3.82. The topological polar surface area (TPSA) is 38.1 Å². The van der Waals surface area contributed by atoms with Gasteiger partial charge in [-0.05, 0) is 41.8 Å². The van der Waals surface area contributed by atoms with E-state index in [1.54, 1.807) is 17.1 Å². The molecule has 0 fully saturated rings. The highest BCUT2D eigenvalue weighted by molar-refractivity contribution is 6.30. The molecule has 0 unspecified atom stereocenters. The molecule has 1 aromatic heterocycles. The van der Waals surface area contributed by atoms with Crippen molar-refractivity contribution < 1.29 is 4.79 Å². The Hall–Kier alpha value is -2.59. The van der Waals surface area contributed by atoms with E-state index in [0.29, 0.717) is 17.1 Å². The standard InChI is InChI=1S/C19H16ClN3O/c20-17-5-7-18(8-6-17)23-13-16(11-21-23)19(24)22-10-9-14-3-1-2-4-15(14)12-22/h1-8,11,13H,9-10,12H2. The van der Waals surface area contributed by atoms with Gasteiger partial charge >= 0.3 is 0 Å². The molecule has 0 N–H and O–H groups in total. The van der Waals surface area contributed by atoms with Crippen LogP contribution in [-0.4, -0.2) is 27.1 Å². The Morgan fingerprint density at radius 3 is 2.58 bits per heavy atom. The lowest BCUT2D eigenvalue weighted by Gasteiger charge is -2.28. The number of hydrogen-bond donors (Lipinski definition) is 0. The first kappa shape index (κ1) is 15.0. The van der Waals surface area contributed by atoms with Gasteiger partial charge in [0.2, 0.25) is 0 Å². The van der Waals surface area contributed by atoms with E-state index in [-0.39, 0.29) is 5.91 Å². The number of rotatable bonds is 2. The van der Waals surface area contributed by atoms with Gasteiger partial charge in [-0.2, -0.15) is 5.10 Å². The molecule has 0 spiro atoms. The second-order valence-electron chi connectivity index (χ2n) is 5.90. The average molecular weight is 338 g/mol. The summed E-state index contributed by atoms with van der Waals surface area (Å²) < 4.78 is 1.70. The van der Waals surface area contributed by atoms with Crippen LogP contribution in [0.15, 0.2) is 60.9 Å². The summed E-state index contributed by atoms with van der Waals surface area (Å²) in [5.41, 5.74) is 4.03. The Balaban J connectivity index is 1.55. The van der Waals surface area contributed by atoms with Crippen molar-refractivity contribution in [2.45, 2.75) is 13.0 Å². The third-order valence-corrected chi connectivity index (χ3v) is 4.59. The zero-order chi connectivity index (χ0) is 16.5. The number of aromatic nitrogens is 2. The number of nitrogens with zero attached hydrogens (tertiary/aromatic N) is 3. The van der Waals surface area contributed by atoms with Crippen LogP contribution in [0.5, 0.6) is 0 Å². The summed E-state index contributed by atoms with van der Waals surface area (Å²) in [6.07, 6.45) is 4.29. The quantitative estimate of drug-likeness (QED) is 0.714. The average Bonchev–Trinajstić information content (AvgIpc) is 3.11. The second-order valence-corrected chi connectivity index (χ2v) is 6.33. The first-order valence-corrected chi connectivity index (χ1v) is 8.25. The minimum Gasteiger partial charge on any atom is -0.334 e. The van der Waals surface area contributed by atoms with E-state index in [4.69, 9.17) is 11.6 Å². The highest BCUT2D eigenvalue weighted by Crippen LogP contribution is 2.21. The minimum absolute atomic E-state index is 0.0183. The van der Waals surface area contributed by atoms with Crippen LogP contribution < -0.4 is 0 Å². The van der Waals surface area contributed by atoms with Gasteiger partial charge in [0, 0.05) is 24.3 Å². The molecule has 0 radical (unpaired) electrons. The molecule has 0 bridgehead atoms. The molecular weight excluding hydrogens is 322 g/mol. The molecule has 0 saturated carbocycles. The molecule has 120 valence electrons. The van der Waals surface area contributed by atoms with Crippen LogP contribution in [-0.2, 0) is 13.0 Å². The summed E-state index contributed by atoms with van der Waals surface area (Å²) in [7, 11) is 0. The highest BCUT2D eigenvalue weighted by Gasteiger charge is 2.22. The van der Waals surface area contributed by atoms with Crippen molar-refractivity contribution in [3.63, 3.8) is 0 Å². The lowest BCUT2D eigenvalue weighted by atomic mass is 9.99. The summed E-state index contributed by atoms with van der Waals surface area (Å²) in [6, 6.07) is 15.7. The zero-order valence-electron chi connectivity index (χ0n) is 13.0. The SMILES string of the molecule is O=C(c1cnn(-c2ccc(Cl)cc2)c1)N1CCc2ccccc2C1. The van der Waals surface area contributed by atoms with Gasteiger partial charge in [-0.15, -0.1) is 0 Å². The normalized spacial score (nSPS) is 13.6.